The van der Waals surface area contributed by atoms with Gasteiger partial charge in [0.15, 0.2) is 12.1 Å². The zero-order chi connectivity index (χ0) is 17.7. The molecule has 134 valence electrons. The Morgan fingerprint density at radius 3 is 2.96 bits per heavy atom. The molecule has 2 aliphatic rings. The van der Waals surface area contributed by atoms with E-state index >= 15 is 0 Å². The van der Waals surface area contributed by atoms with Crippen LogP contribution in [0.1, 0.15) is 65.2 Å². The molecule has 1 aromatic carbocycles. The number of hydrogen-bond acceptors (Lipinski definition) is 4. The van der Waals surface area contributed by atoms with Crippen LogP contribution in [-0.2, 0) is 0 Å². The number of amides is 1. The highest BCUT2D eigenvalue weighted by molar-refractivity contribution is 5.93. The van der Waals surface area contributed by atoms with Gasteiger partial charge in [-0.3, -0.25) is 4.79 Å². The highest BCUT2D eigenvalue weighted by atomic mass is 16.3. The fourth-order valence-electron chi connectivity index (χ4n) is 3.97. The van der Waals surface area contributed by atoms with Gasteiger partial charge < -0.3 is 14.3 Å². The van der Waals surface area contributed by atoms with Gasteiger partial charge in [-0.1, -0.05) is 12.1 Å². The Labute approximate surface area is 151 Å². The minimum Gasteiger partial charge on any atom is -0.447 e. The third-order valence-electron chi connectivity index (χ3n) is 5.57. The van der Waals surface area contributed by atoms with E-state index in [-0.39, 0.29) is 11.8 Å². The lowest BCUT2D eigenvalue weighted by Gasteiger charge is -2.31. The summed E-state index contributed by atoms with van der Waals surface area (Å²) in [5.41, 5.74) is 3.77. The molecule has 1 saturated heterocycles. The highest BCUT2D eigenvalue weighted by Crippen LogP contribution is 2.42. The van der Waals surface area contributed by atoms with Crippen molar-refractivity contribution >= 4 is 16.9 Å². The minimum atomic E-state index is -0.00218. The number of H-pyrrole nitrogens is 1. The first kappa shape index (κ1) is 15.6. The summed E-state index contributed by atoms with van der Waals surface area (Å²) in [6.45, 7) is 3.52. The standard InChI is InChI=1S/C20H22N4O2/c1-12-4-2-6-15-16(12)23-19(22-15)14-5-3-9-24(10-14)20(25)17-18(13-7-8-13)26-11-21-17/h2,4,6,11,13-14H,3,5,7-10H2,1H3,(H,22,23)/t14-/m1/s1. The van der Waals surface area contributed by atoms with Crippen molar-refractivity contribution in [2.24, 2.45) is 0 Å². The van der Waals surface area contributed by atoms with Crippen molar-refractivity contribution in [3.05, 3.63) is 47.4 Å². The summed E-state index contributed by atoms with van der Waals surface area (Å²) in [7, 11) is 0. The first-order chi connectivity index (χ1) is 12.7. The minimum absolute atomic E-state index is 0.00218. The SMILES string of the molecule is Cc1cccc2[nH]c([C@@H]3CCCN(C(=O)c4ncoc4C4CC4)C3)nc12. The van der Waals surface area contributed by atoms with Gasteiger partial charge in [0.25, 0.3) is 5.91 Å². The zero-order valence-electron chi connectivity index (χ0n) is 14.9. The van der Waals surface area contributed by atoms with Gasteiger partial charge in [-0.25, -0.2) is 9.97 Å². The summed E-state index contributed by atoms with van der Waals surface area (Å²) >= 11 is 0. The molecule has 1 amide bonds. The molecule has 2 aromatic heterocycles. The molecule has 3 heterocycles. The van der Waals surface area contributed by atoms with Crippen LogP contribution in [0.15, 0.2) is 29.0 Å². The van der Waals surface area contributed by atoms with Gasteiger partial charge in [0.1, 0.15) is 11.6 Å². The van der Waals surface area contributed by atoms with Crippen molar-refractivity contribution in [2.45, 2.75) is 44.4 Å². The van der Waals surface area contributed by atoms with Crippen molar-refractivity contribution in [3.8, 4) is 0 Å². The number of carbonyl (C=O) groups is 1. The first-order valence-electron chi connectivity index (χ1n) is 9.38. The van der Waals surface area contributed by atoms with Crippen LogP contribution < -0.4 is 0 Å². The summed E-state index contributed by atoms with van der Waals surface area (Å²) in [6, 6.07) is 6.18. The third-order valence-corrected chi connectivity index (χ3v) is 5.57. The molecule has 1 atom stereocenters. The van der Waals surface area contributed by atoms with Crippen molar-refractivity contribution in [1.82, 2.24) is 19.9 Å². The Hall–Kier alpha value is -2.63. The van der Waals surface area contributed by atoms with Gasteiger partial charge in [-0.05, 0) is 44.2 Å². The van der Waals surface area contributed by atoms with E-state index in [1.165, 1.54) is 12.0 Å². The molecule has 26 heavy (non-hydrogen) atoms. The Morgan fingerprint density at radius 2 is 2.15 bits per heavy atom. The average Bonchev–Trinajstić information content (AvgIpc) is 3.21. The molecule has 1 aliphatic heterocycles. The van der Waals surface area contributed by atoms with E-state index in [2.05, 4.69) is 29.0 Å². The highest BCUT2D eigenvalue weighted by Gasteiger charge is 2.35. The number of aromatic amines is 1. The maximum absolute atomic E-state index is 13.0. The average molecular weight is 350 g/mol. The van der Waals surface area contributed by atoms with Gasteiger partial charge in [0.05, 0.1) is 11.0 Å². The van der Waals surface area contributed by atoms with Crippen LogP contribution in [0.3, 0.4) is 0 Å². The molecule has 5 rings (SSSR count). The van der Waals surface area contributed by atoms with Crippen molar-refractivity contribution in [1.29, 1.82) is 0 Å². The molecular formula is C20H22N4O2. The number of likely N-dealkylation sites (tertiary alicyclic amines) is 1. The second-order valence-corrected chi connectivity index (χ2v) is 7.52. The summed E-state index contributed by atoms with van der Waals surface area (Å²) in [5.74, 6) is 2.37. The van der Waals surface area contributed by atoms with E-state index in [1.807, 2.05) is 11.0 Å². The topological polar surface area (TPSA) is 75.0 Å². The van der Waals surface area contributed by atoms with Crippen LogP contribution in [0.4, 0.5) is 0 Å². The molecule has 1 saturated carbocycles. The Kier molecular flexibility index (Phi) is 3.58. The van der Waals surface area contributed by atoms with E-state index in [1.54, 1.807) is 0 Å². The molecule has 0 unspecified atom stereocenters. The molecule has 0 radical (unpaired) electrons. The molecule has 6 heteroatoms. The number of carbonyl (C=O) groups excluding carboxylic acids is 1. The largest absolute Gasteiger partial charge is 0.447 e. The third kappa shape index (κ3) is 2.60. The smallest absolute Gasteiger partial charge is 0.276 e. The summed E-state index contributed by atoms with van der Waals surface area (Å²) in [4.78, 5) is 27.4. The molecule has 6 nitrogen and oxygen atoms in total. The number of piperidine rings is 1. The fourth-order valence-corrected chi connectivity index (χ4v) is 3.97. The predicted octanol–water partition coefficient (Wildman–Crippen LogP) is 3.76. The van der Waals surface area contributed by atoms with E-state index in [0.717, 1.165) is 54.8 Å². The number of benzene rings is 1. The molecule has 1 N–H and O–H groups in total. The van der Waals surface area contributed by atoms with E-state index < -0.39 is 0 Å². The van der Waals surface area contributed by atoms with Gasteiger partial charge in [-0.2, -0.15) is 0 Å². The van der Waals surface area contributed by atoms with Gasteiger partial charge >= 0.3 is 0 Å². The van der Waals surface area contributed by atoms with Crippen molar-refractivity contribution in [2.75, 3.05) is 13.1 Å². The van der Waals surface area contributed by atoms with Crippen LogP contribution in [0.5, 0.6) is 0 Å². The van der Waals surface area contributed by atoms with Crippen LogP contribution in [0.2, 0.25) is 0 Å². The second-order valence-electron chi connectivity index (χ2n) is 7.52. The lowest BCUT2D eigenvalue weighted by atomic mass is 9.97. The number of imidazole rings is 1. The first-order valence-corrected chi connectivity index (χ1v) is 9.38. The second kappa shape index (κ2) is 5.97. The number of rotatable bonds is 3. The molecule has 0 spiro atoms. The number of fused-ring (bicyclic) bond motifs is 1. The predicted molar refractivity (Wildman–Crippen MR) is 97.2 cm³/mol. The van der Waals surface area contributed by atoms with E-state index in [4.69, 9.17) is 9.40 Å². The van der Waals surface area contributed by atoms with E-state index in [9.17, 15) is 4.79 Å². The summed E-state index contributed by atoms with van der Waals surface area (Å²) < 4.78 is 5.49. The Morgan fingerprint density at radius 1 is 1.27 bits per heavy atom. The van der Waals surface area contributed by atoms with Crippen LogP contribution in [0, 0.1) is 6.92 Å². The van der Waals surface area contributed by atoms with Gasteiger partial charge in [0, 0.05) is 24.9 Å². The summed E-state index contributed by atoms with van der Waals surface area (Å²) in [5, 5.41) is 0. The number of para-hydroxylation sites is 1. The monoisotopic (exact) mass is 350 g/mol. The molecule has 2 fully saturated rings. The van der Waals surface area contributed by atoms with Crippen LogP contribution in [-0.4, -0.2) is 38.8 Å². The zero-order valence-corrected chi connectivity index (χ0v) is 14.9. The number of nitrogens with one attached hydrogen (secondary N) is 1. The Bertz CT molecular complexity index is 969. The van der Waals surface area contributed by atoms with Crippen molar-refractivity contribution in [3.63, 3.8) is 0 Å². The molecule has 3 aromatic rings. The number of nitrogens with zero attached hydrogens (tertiary/aromatic N) is 3. The number of hydrogen-bond donors (Lipinski definition) is 1. The maximum Gasteiger partial charge on any atom is 0.276 e. The number of aryl methyl sites for hydroxylation is 1. The number of oxazole rings is 1. The van der Waals surface area contributed by atoms with Crippen LogP contribution >= 0.6 is 0 Å². The van der Waals surface area contributed by atoms with E-state index in [0.29, 0.717) is 18.2 Å². The Balaban J connectivity index is 1.39. The fraction of sp³-hybridized carbons (Fsp3) is 0.450. The normalized spacial score (nSPS) is 20.7. The number of aromatic nitrogens is 3. The lowest BCUT2D eigenvalue weighted by Crippen LogP contribution is -2.39. The summed E-state index contributed by atoms with van der Waals surface area (Å²) in [6.07, 6.45) is 5.61. The van der Waals surface area contributed by atoms with Gasteiger partial charge in [0.2, 0.25) is 0 Å². The molecular weight excluding hydrogens is 328 g/mol. The molecule has 0 bridgehead atoms. The maximum atomic E-state index is 13.0. The molecule has 1 aliphatic carbocycles. The van der Waals surface area contributed by atoms with Gasteiger partial charge in [-0.15, -0.1) is 0 Å². The van der Waals surface area contributed by atoms with Crippen LogP contribution in [0.25, 0.3) is 11.0 Å². The lowest BCUT2D eigenvalue weighted by molar-refractivity contribution is 0.0697. The quantitative estimate of drug-likeness (QED) is 0.780. The van der Waals surface area contributed by atoms with Crippen molar-refractivity contribution < 1.29 is 9.21 Å².